The van der Waals surface area contributed by atoms with Crippen LogP contribution in [0.2, 0.25) is 0 Å². The van der Waals surface area contributed by atoms with Gasteiger partial charge >= 0.3 is 0 Å². The lowest BCUT2D eigenvalue weighted by Gasteiger charge is -2.09. The summed E-state index contributed by atoms with van der Waals surface area (Å²) in [5, 5.41) is 2.78. The number of benzene rings is 2. The van der Waals surface area contributed by atoms with Crippen LogP contribution >= 0.6 is 31.9 Å². The average molecular weight is 645 g/mol. The summed E-state index contributed by atoms with van der Waals surface area (Å²) in [6.07, 6.45) is 21.7. The van der Waals surface area contributed by atoms with Gasteiger partial charge in [0.25, 0.3) is 0 Å². The lowest BCUT2D eigenvalue weighted by Crippen LogP contribution is -1.98. The summed E-state index contributed by atoms with van der Waals surface area (Å²) in [4.78, 5) is 0. The highest BCUT2D eigenvalue weighted by Crippen LogP contribution is 2.39. The molecule has 208 valence electrons. The molecule has 0 saturated heterocycles. The number of aryl methyl sites for hydroxylation is 2. The molecule has 0 radical (unpaired) electrons. The molecule has 0 atom stereocenters. The largest absolute Gasteiger partial charge is 0.339 e. The second-order valence-corrected chi connectivity index (χ2v) is 13.1. The Labute approximate surface area is 247 Å². The van der Waals surface area contributed by atoms with E-state index < -0.39 is 0 Å². The highest BCUT2D eigenvalue weighted by molar-refractivity contribution is 9.10. The molecule has 0 aliphatic rings. The van der Waals surface area contributed by atoms with Crippen molar-refractivity contribution in [1.29, 1.82) is 0 Å². The van der Waals surface area contributed by atoms with E-state index in [4.69, 9.17) is 0 Å². The predicted octanol–water partition coefficient (Wildman–Crippen LogP) is 12.6. The maximum atomic E-state index is 3.78. The fourth-order valence-corrected chi connectivity index (χ4v) is 6.90. The number of unbranched alkanes of at least 4 members (excludes halogenated alkanes) is 14. The Morgan fingerprint density at radius 2 is 0.816 bits per heavy atom. The zero-order valence-electron chi connectivity index (χ0n) is 23.8. The van der Waals surface area contributed by atoms with E-state index in [1.54, 1.807) is 0 Å². The van der Waals surface area contributed by atoms with Gasteiger partial charge in [0, 0.05) is 32.8 Å². The zero-order chi connectivity index (χ0) is 26.7. The van der Waals surface area contributed by atoms with Crippen LogP contribution in [0.5, 0.6) is 0 Å². The summed E-state index contributed by atoms with van der Waals surface area (Å²) in [7, 11) is 0. The SMILES string of the molecule is CCCCCCCCCCn1c2ccc(Br)cc2c2c1c1cc(Br)ccc1n2CCCCCCCCCC. The standard InChI is InChI=1S/C34H48Br2N2/c1-3-5-7-9-11-13-15-17-23-37-31-21-19-27(35)25-29(31)34-33(37)30-26-28(36)20-22-32(30)38(34)24-18-16-14-12-10-8-6-4-2/h19-22,25-26H,3-18,23-24H2,1-2H3. The van der Waals surface area contributed by atoms with E-state index in [2.05, 4.69) is 91.2 Å². The molecule has 0 unspecified atom stereocenters. The maximum absolute atomic E-state index is 3.78. The monoisotopic (exact) mass is 642 g/mol. The molecule has 2 nitrogen and oxygen atoms in total. The number of nitrogens with zero attached hydrogens (tertiary/aromatic N) is 2. The van der Waals surface area contributed by atoms with Gasteiger partial charge in [-0.2, -0.15) is 0 Å². The number of fused-ring (bicyclic) bond motifs is 5. The number of hydrogen-bond acceptors (Lipinski definition) is 0. The third-order valence-corrected chi connectivity index (χ3v) is 9.23. The summed E-state index contributed by atoms with van der Waals surface area (Å²) in [5.74, 6) is 0. The van der Waals surface area contributed by atoms with Crippen molar-refractivity contribution in [3.63, 3.8) is 0 Å². The van der Waals surface area contributed by atoms with Crippen LogP contribution in [0.4, 0.5) is 0 Å². The van der Waals surface area contributed by atoms with Crippen molar-refractivity contribution in [3.8, 4) is 0 Å². The van der Waals surface area contributed by atoms with Gasteiger partial charge in [0.15, 0.2) is 0 Å². The molecule has 0 N–H and O–H groups in total. The molecule has 38 heavy (non-hydrogen) atoms. The van der Waals surface area contributed by atoms with E-state index in [0.717, 1.165) is 13.1 Å². The Morgan fingerprint density at radius 3 is 1.18 bits per heavy atom. The van der Waals surface area contributed by atoms with Gasteiger partial charge in [0.1, 0.15) is 0 Å². The molecule has 0 saturated carbocycles. The molecule has 0 aliphatic heterocycles. The van der Waals surface area contributed by atoms with Crippen molar-refractivity contribution in [2.24, 2.45) is 0 Å². The van der Waals surface area contributed by atoms with Crippen LogP contribution in [0.15, 0.2) is 45.3 Å². The molecule has 0 amide bonds. The third kappa shape index (κ3) is 7.47. The fraction of sp³-hybridized carbons (Fsp3) is 0.588. The summed E-state index contributed by atoms with van der Waals surface area (Å²) in [5.41, 5.74) is 5.62. The Hall–Kier alpha value is -1.26. The van der Waals surface area contributed by atoms with Crippen molar-refractivity contribution >= 4 is 64.7 Å². The normalized spacial score (nSPS) is 12.0. The number of halogens is 2. The fourth-order valence-electron chi connectivity index (χ4n) is 6.18. The Bertz CT molecular complexity index is 1180. The smallest absolute Gasteiger partial charge is 0.0754 e. The van der Waals surface area contributed by atoms with Crippen LogP contribution in [0.25, 0.3) is 32.8 Å². The van der Waals surface area contributed by atoms with Gasteiger partial charge in [-0.1, -0.05) is 136 Å². The number of rotatable bonds is 18. The van der Waals surface area contributed by atoms with Crippen LogP contribution in [0, 0.1) is 0 Å². The van der Waals surface area contributed by atoms with Crippen LogP contribution in [0.3, 0.4) is 0 Å². The van der Waals surface area contributed by atoms with E-state index in [9.17, 15) is 0 Å². The number of hydrogen-bond donors (Lipinski definition) is 0. The third-order valence-electron chi connectivity index (χ3n) is 8.24. The summed E-state index contributed by atoms with van der Waals surface area (Å²) >= 11 is 7.56. The zero-order valence-corrected chi connectivity index (χ0v) is 27.0. The first kappa shape index (κ1) is 29.7. The highest BCUT2D eigenvalue weighted by atomic mass is 79.9. The molecule has 0 spiro atoms. The Balaban J connectivity index is 1.56. The molecule has 0 aliphatic carbocycles. The van der Waals surface area contributed by atoms with E-state index in [0.29, 0.717) is 0 Å². The van der Waals surface area contributed by atoms with E-state index in [1.165, 1.54) is 145 Å². The van der Waals surface area contributed by atoms with Crippen molar-refractivity contribution < 1.29 is 0 Å². The highest BCUT2D eigenvalue weighted by Gasteiger charge is 2.20. The van der Waals surface area contributed by atoms with Gasteiger partial charge in [-0.3, -0.25) is 0 Å². The molecule has 4 aromatic rings. The van der Waals surface area contributed by atoms with Crippen molar-refractivity contribution in [2.45, 2.75) is 130 Å². The molecule has 4 rings (SSSR count). The maximum Gasteiger partial charge on any atom is 0.0754 e. The minimum absolute atomic E-state index is 1.10. The van der Waals surface area contributed by atoms with Gasteiger partial charge in [-0.15, -0.1) is 0 Å². The van der Waals surface area contributed by atoms with Crippen molar-refractivity contribution in [1.82, 2.24) is 9.13 Å². The number of aromatic nitrogens is 2. The van der Waals surface area contributed by atoms with Crippen LogP contribution < -0.4 is 0 Å². The van der Waals surface area contributed by atoms with Crippen molar-refractivity contribution in [2.75, 3.05) is 0 Å². The average Bonchev–Trinajstić information content (AvgIpc) is 3.39. The second kappa shape index (κ2) is 15.5. The molecular formula is C34H48Br2N2. The summed E-state index contributed by atoms with van der Waals surface area (Å²) in [6, 6.07) is 13.8. The first-order valence-electron chi connectivity index (χ1n) is 15.5. The lowest BCUT2D eigenvalue weighted by atomic mass is 10.1. The molecule has 0 bridgehead atoms. The minimum Gasteiger partial charge on any atom is -0.339 e. The first-order chi connectivity index (χ1) is 18.7. The quantitative estimate of drug-likeness (QED) is 0.0954. The van der Waals surface area contributed by atoms with E-state index in [1.807, 2.05) is 0 Å². The van der Waals surface area contributed by atoms with Gasteiger partial charge in [0.05, 0.1) is 22.1 Å². The van der Waals surface area contributed by atoms with Crippen molar-refractivity contribution in [3.05, 3.63) is 45.3 Å². The predicted molar refractivity (Wildman–Crippen MR) is 176 cm³/mol. The van der Waals surface area contributed by atoms with Gasteiger partial charge in [-0.05, 0) is 49.2 Å². The first-order valence-corrected chi connectivity index (χ1v) is 17.1. The lowest BCUT2D eigenvalue weighted by molar-refractivity contribution is 0.552. The molecule has 0 fully saturated rings. The van der Waals surface area contributed by atoms with Gasteiger partial charge in [0.2, 0.25) is 0 Å². The van der Waals surface area contributed by atoms with Crippen LogP contribution in [-0.4, -0.2) is 9.13 Å². The van der Waals surface area contributed by atoms with Gasteiger partial charge < -0.3 is 9.13 Å². The van der Waals surface area contributed by atoms with Crippen LogP contribution in [0.1, 0.15) is 117 Å². The van der Waals surface area contributed by atoms with E-state index in [-0.39, 0.29) is 0 Å². The molecule has 2 aromatic heterocycles. The molecular weight excluding hydrogens is 596 g/mol. The Kier molecular flexibility index (Phi) is 12.1. The van der Waals surface area contributed by atoms with E-state index >= 15 is 0 Å². The summed E-state index contributed by atoms with van der Waals surface area (Å²) in [6.45, 7) is 6.79. The molecule has 4 heteroatoms. The Morgan fingerprint density at radius 1 is 0.474 bits per heavy atom. The molecule has 2 aromatic carbocycles. The summed E-state index contributed by atoms with van der Waals surface area (Å²) < 4.78 is 7.60. The van der Waals surface area contributed by atoms with Gasteiger partial charge in [-0.25, -0.2) is 0 Å². The molecule has 2 heterocycles. The topological polar surface area (TPSA) is 9.86 Å². The van der Waals surface area contributed by atoms with Crippen LogP contribution in [-0.2, 0) is 13.1 Å². The second-order valence-electron chi connectivity index (χ2n) is 11.3. The minimum atomic E-state index is 1.10.